The van der Waals surface area contributed by atoms with E-state index in [0.717, 1.165) is 23.7 Å². The van der Waals surface area contributed by atoms with Gasteiger partial charge in [0.25, 0.3) is 0 Å². The lowest BCUT2D eigenvalue weighted by atomic mass is 9.74. The van der Waals surface area contributed by atoms with Gasteiger partial charge in [-0.05, 0) is 50.6 Å². The second-order valence-electron chi connectivity index (χ2n) is 6.41. The third-order valence-electron chi connectivity index (χ3n) is 4.86. The van der Waals surface area contributed by atoms with Gasteiger partial charge in [-0.25, -0.2) is 0 Å². The van der Waals surface area contributed by atoms with Gasteiger partial charge in [0, 0.05) is 19.7 Å². The van der Waals surface area contributed by atoms with Crippen LogP contribution in [0.3, 0.4) is 0 Å². The van der Waals surface area contributed by atoms with Gasteiger partial charge in [-0.3, -0.25) is 4.68 Å². The van der Waals surface area contributed by atoms with Crippen molar-refractivity contribution in [2.24, 2.45) is 18.9 Å². The fraction of sp³-hybridized carbons (Fsp3) is 0.800. The van der Waals surface area contributed by atoms with E-state index in [0.29, 0.717) is 18.4 Å². The van der Waals surface area contributed by atoms with E-state index >= 15 is 0 Å². The molecule has 1 aliphatic carbocycles. The quantitative estimate of drug-likeness (QED) is 0.836. The summed E-state index contributed by atoms with van der Waals surface area (Å²) in [6, 6.07) is 0.980. The minimum absolute atomic E-state index is 0.0710. The average Bonchev–Trinajstić information content (AvgIpc) is 3.03. The van der Waals surface area contributed by atoms with Crippen LogP contribution >= 0.6 is 0 Å². The van der Waals surface area contributed by atoms with Crippen molar-refractivity contribution < 1.29 is 17.9 Å². The van der Waals surface area contributed by atoms with Crippen molar-refractivity contribution in [1.82, 2.24) is 14.7 Å². The van der Waals surface area contributed by atoms with Crippen molar-refractivity contribution in [1.29, 1.82) is 0 Å². The molecule has 0 amide bonds. The van der Waals surface area contributed by atoms with E-state index in [1.54, 1.807) is 0 Å². The molecule has 0 aromatic carbocycles. The van der Waals surface area contributed by atoms with Crippen LogP contribution in [0.2, 0.25) is 0 Å². The lowest BCUT2D eigenvalue weighted by molar-refractivity contribution is -0.143. The van der Waals surface area contributed by atoms with Crippen molar-refractivity contribution in [2.75, 3.05) is 26.2 Å². The monoisotopic (exact) mass is 317 g/mol. The highest BCUT2D eigenvalue weighted by Gasteiger charge is 2.36. The van der Waals surface area contributed by atoms with E-state index < -0.39 is 11.9 Å². The fourth-order valence-electron chi connectivity index (χ4n) is 3.36. The molecule has 2 unspecified atom stereocenters. The highest BCUT2D eigenvalue weighted by atomic mass is 19.4. The van der Waals surface area contributed by atoms with Gasteiger partial charge in [0.15, 0.2) is 0 Å². The lowest BCUT2D eigenvalue weighted by Crippen LogP contribution is -2.39. The van der Waals surface area contributed by atoms with Gasteiger partial charge >= 0.3 is 6.18 Å². The number of aromatic nitrogens is 2. The number of likely N-dealkylation sites (tertiary alicyclic amines) is 1. The Hall–Kier alpha value is -1.24. The van der Waals surface area contributed by atoms with Crippen LogP contribution in [0.1, 0.15) is 31.4 Å². The Morgan fingerprint density at radius 1 is 1.23 bits per heavy atom. The number of hydrogen-bond acceptors (Lipinski definition) is 3. The zero-order valence-electron chi connectivity index (χ0n) is 12.8. The minimum atomic E-state index is -4.39. The molecule has 124 valence electrons. The number of rotatable bonds is 5. The van der Waals surface area contributed by atoms with E-state index in [1.165, 1.54) is 39.4 Å². The molecule has 2 fully saturated rings. The molecule has 0 bridgehead atoms. The third-order valence-corrected chi connectivity index (χ3v) is 4.86. The average molecular weight is 317 g/mol. The molecule has 1 saturated heterocycles. The molecule has 1 aliphatic heterocycles. The normalized spacial score (nSPS) is 26.2. The van der Waals surface area contributed by atoms with Crippen molar-refractivity contribution in [3.05, 3.63) is 11.8 Å². The number of alkyl halides is 3. The summed E-state index contributed by atoms with van der Waals surface area (Å²) in [6.07, 6.45) is 0.459. The Balaban J connectivity index is 1.50. The van der Waals surface area contributed by atoms with Gasteiger partial charge in [0.1, 0.15) is 5.69 Å². The van der Waals surface area contributed by atoms with Gasteiger partial charge in [0.05, 0.1) is 6.61 Å². The Bertz CT molecular complexity index is 509. The Kier molecular flexibility index (Phi) is 4.34. The maximum atomic E-state index is 12.7. The predicted molar refractivity (Wildman–Crippen MR) is 75.6 cm³/mol. The smallest absolute Gasteiger partial charge is 0.433 e. The summed E-state index contributed by atoms with van der Waals surface area (Å²) >= 11 is 0. The first-order valence-corrected chi connectivity index (χ1v) is 7.90. The molecule has 0 spiro atoms. The van der Waals surface area contributed by atoms with E-state index in [9.17, 15) is 13.2 Å². The first-order chi connectivity index (χ1) is 10.4. The van der Waals surface area contributed by atoms with Crippen molar-refractivity contribution in [3.63, 3.8) is 0 Å². The maximum Gasteiger partial charge on any atom is 0.433 e. The molecule has 1 saturated carbocycles. The maximum absolute atomic E-state index is 12.7. The Morgan fingerprint density at radius 3 is 2.45 bits per heavy atom. The number of ether oxygens (including phenoxy) is 1. The SMILES string of the molecule is Cn1nc(OCC2CCC2CN2CCCC2)cc1C(F)(F)F. The molecule has 1 aromatic heterocycles. The molecule has 7 heteroatoms. The second-order valence-corrected chi connectivity index (χ2v) is 6.41. The van der Waals surface area contributed by atoms with Crippen LogP contribution in [0.25, 0.3) is 0 Å². The molecular weight excluding hydrogens is 295 g/mol. The molecular formula is C15H22F3N3O. The van der Waals surface area contributed by atoms with Crippen LogP contribution in [-0.4, -0.2) is 40.9 Å². The largest absolute Gasteiger partial charge is 0.476 e. The van der Waals surface area contributed by atoms with E-state index in [2.05, 4.69) is 10.00 Å². The third kappa shape index (κ3) is 3.39. The molecule has 4 nitrogen and oxygen atoms in total. The van der Waals surface area contributed by atoms with Crippen LogP contribution in [0.15, 0.2) is 6.07 Å². The van der Waals surface area contributed by atoms with Crippen molar-refractivity contribution in [2.45, 2.75) is 31.9 Å². The zero-order chi connectivity index (χ0) is 15.7. The summed E-state index contributed by atoms with van der Waals surface area (Å²) in [6.45, 7) is 3.93. The fourth-order valence-corrected chi connectivity index (χ4v) is 3.36. The number of hydrogen-bond donors (Lipinski definition) is 0. The highest BCUT2D eigenvalue weighted by Crippen LogP contribution is 2.36. The second kappa shape index (κ2) is 6.10. The van der Waals surface area contributed by atoms with Crippen LogP contribution in [-0.2, 0) is 13.2 Å². The molecule has 2 atom stereocenters. The molecule has 0 radical (unpaired) electrons. The number of nitrogens with zero attached hydrogens (tertiary/aromatic N) is 3. The summed E-state index contributed by atoms with van der Waals surface area (Å²) in [7, 11) is 1.29. The molecule has 1 aromatic rings. The van der Waals surface area contributed by atoms with E-state index in [4.69, 9.17) is 4.74 Å². The standard InChI is InChI=1S/C15H22F3N3O/c1-20-13(15(16,17)18)8-14(19-20)22-10-12-5-4-11(12)9-21-6-2-3-7-21/h8,11-12H,2-7,9-10H2,1H3. The van der Waals surface area contributed by atoms with Crippen LogP contribution < -0.4 is 4.74 Å². The Morgan fingerprint density at radius 2 is 1.91 bits per heavy atom. The molecule has 22 heavy (non-hydrogen) atoms. The zero-order valence-corrected chi connectivity index (χ0v) is 12.8. The summed E-state index contributed by atoms with van der Waals surface area (Å²) < 4.78 is 44.5. The topological polar surface area (TPSA) is 30.3 Å². The van der Waals surface area contributed by atoms with Gasteiger partial charge in [-0.2, -0.15) is 13.2 Å². The lowest BCUT2D eigenvalue weighted by Gasteiger charge is -2.38. The summed E-state index contributed by atoms with van der Waals surface area (Å²) in [5.41, 5.74) is -0.773. The van der Waals surface area contributed by atoms with Gasteiger partial charge < -0.3 is 9.64 Å². The Labute approximate surface area is 128 Å². The van der Waals surface area contributed by atoms with E-state index in [-0.39, 0.29) is 5.88 Å². The molecule has 0 N–H and O–H groups in total. The first-order valence-electron chi connectivity index (χ1n) is 7.90. The van der Waals surface area contributed by atoms with Crippen LogP contribution in [0.5, 0.6) is 5.88 Å². The predicted octanol–water partition coefficient (Wildman–Crippen LogP) is 2.94. The van der Waals surface area contributed by atoms with Crippen molar-refractivity contribution in [3.8, 4) is 5.88 Å². The molecule has 2 heterocycles. The minimum Gasteiger partial charge on any atom is -0.476 e. The first kappa shape index (κ1) is 15.6. The number of halogens is 3. The summed E-state index contributed by atoms with van der Waals surface area (Å²) in [5.74, 6) is 1.13. The van der Waals surface area contributed by atoms with Crippen LogP contribution in [0.4, 0.5) is 13.2 Å². The van der Waals surface area contributed by atoms with Crippen LogP contribution in [0, 0.1) is 11.8 Å². The van der Waals surface area contributed by atoms with Crippen molar-refractivity contribution >= 4 is 0 Å². The summed E-state index contributed by atoms with van der Waals surface area (Å²) in [4.78, 5) is 2.49. The molecule has 2 aliphatic rings. The van der Waals surface area contributed by atoms with Gasteiger partial charge in [-0.15, -0.1) is 5.10 Å². The van der Waals surface area contributed by atoms with Gasteiger partial charge in [-0.1, -0.05) is 0 Å². The summed E-state index contributed by atoms with van der Waals surface area (Å²) in [5, 5.41) is 3.80. The number of aryl methyl sites for hydroxylation is 1. The molecule has 3 rings (SSSR count). The highest BCUT2D eigenvalue weighted by molar-refractivity contribution is 5.18. The van der Waals surface area contributed by atoms with Gasteiger partial charge in [0.2, 0.25) is 5.88 Å². The van der Waals surface area contributed by atoms with E-state index in [1.807, 2.05) is 0 Å².